The van der Waals surface area contributed by atoms with E-state index in [4.69, 9.17) is 4.55 Å². The molecule has 0 saturated heterocycles. The molecular formula is C15H22O3S. The molecule has 19 heavy (non-hydrogen) atoms. The highest BCUT2D eigenvalue weighted by Crippen LogP contribution is 2.21. The molecule has 0 heterocycles. The lowest BCUT2D eigenvalue weighted by Gasteiger charge is -2.04. The summed E-state index contributed by atoms with van der Waals surface area (Å²) >= 11 is 0. The van der Waals surface area contributed by atoms with Gasteiger partial charge in [-0.3, -0.25) is 4.55 Å². The van der Waals surface area contributed by atoms with E-state index in [1.54, 1.807) is 0 Å². The van der Waals surface area contributed by atoms with Gasteiger partial charge in [-0.15, -0.1) is 0 Å². The number of fused-ring (bicyclic) bond motifs is 1. The summed E-state index contributed by atoms with van der Waals surface area (Å²) in [5.74, 6) is 0. The quantitative estimate of drug-likeness (QED) is 0.743. The topological polar surface area (TPSA) is 54.4 Å². The minimum absolute atomic E-state index is 0.715. The van der Waals surface area contributed by atoms with Crippen LogP contribution in [-0.4, -0.2) is 19.2 Å². The van der Waals surface area contributed by atoms with Gasteiger partial charge in [0, 0.05) is 0 Å². The van der Waals surface area contributed by atoms with Gasteiger partial charge in [0.2, 0.25) is 0 Å². The third kappa shape index (κ3) is 6.94. The van der Waals surface area contributed by atoms with Crippen LogP contribution >= 0.6 is 0 Å². The Balaban J connectivity index is 0.000000396. The smallest absolute Gasteiger partial charge is 0.261 e. The molecule has 0 aliphatic heterocycles. The molecule has 2 rings (SSSR count). The lowest BCUT2D eigenvalue weighted by Crippen LogP contribution is -1.88. The Hall–Kier alpha value is -1.39. The molecule has 0 bridgehead atoms. The predicted molar refractivity (Wildman–Crippen MR) is 82.2 cm³/mol. The summed E-state index contributed by atoms with van der Waals surface area (Å²) in [6.45, 7) is 8.32. The molecule has 0 fully saturated rings. The van der Waals surface area contributed by atoms with E-state index in [1.165, 1.54) is 21.9 Å². The summed E-state index contributed by atoms with van der Waals surface area (Å²) < 4.78 is 25.9. The first-order chi connectivity index (χ1) is 8.79. The number of rotatable bonds is 0. The van der Waals surface area contributed by atoms with Crippen molar-refractivity contribution in [3.63, 3.8) is 0 Å². The zero-order valence-electron chi connectivity index (χ0n) is 12.1. The number of aryl methyl sites for hydroxylation is 2. The van der Waals surface area contributed by atoms with Crippen LogP contribution in [0, 0.1) is 13.8 Å². The molecule has 0 amide bonds. The van der Waals surface area contributed by atoms with E-state index in [0.717, 1.165) is 0 Å². The monoisotopic (exact) mass is 282 g/mol. The van der Waals surface area contributed by atoms with Crippen molar-refractivity contribution in [2.45, 2.75) is 27.7 Å². The number of hydrogen-bond acceptors (Lipinski definition) is 2. The second kappa shape index (κ2) is 7.92. The summed E-state index contributed by atoms with van der Waals surface area (Å²) in [6.07, 6.45) is 0.715. The van der Waals surface area contributed by atoms with E-state index in [2.05, 4.69) is 50.2 Å². The van der Waals surface area contributed by atoms with E-state index in [1.807, 2.05) is 13.8 Å². The van der Waals surface area contributed by atoms with Crippen LogP contribution in [0.3, 0.4) is 0 Å². The van der Waals surface area contributed by atoms with Crippen LogP contribution in [0.2, 0.25) is 0 Å². The highest BCUT2D eigenvalue weighted by Gasteiger charge is 1.97. The summed E-state index contributed by atoms with van der Waals surface area (Å²) in [6, 6.07) is 12.9. The Bertz CT molecular complexity index is 572. The summed E-state index contributed by atoms with van der Waals surface area (Å²) in [5, 5.41) is 2.75. The Kier molecular flexibility index (Phi) is 7.34. The van der Waals surface area contributed by atoms with Gasteiger partial charge in [0.25, 0.3) is 10.1 Å². The Morgan fingerprint density at radius 1 is 0.895 bits per heavy atom. The highest BCUT2D eigenvalue weighted by molar-refractivity contribution is 7.85. The first kappa shape index (κ1) is 17.6. The second-order valence-corrected chi connectivity index (χ2v) is 5.45. The molecule has 0 aliphatic rings. The second-order valence-electron chi connectivity index (χ2n) is 3.98. The normalized spacial score (nSPS) is 10.0. The first-order valence-electron chi connectivity index (χ1n) is 6.16. The average Bonchev–Trinajstić information content (AvgIpc) is 2.30. The van der Waals surface area contributed by atoms with E-state index >= 15 is 0 Å². The van der Waals surface area contributed by atoms with Crippen molar-refractivity contribution in [1.82, 2.24) is 0 Å². The molecular weight excluding hydrogens is 260 g/mol. The lowest BCUT2D eigenvalue weighted by atomic mass is 10.0. The van der Waals surface area contributed by atoms with Gasteiger partial charge in [0.15, 0.2) is 0 Å². The van der Waals surface area contributed by atoms with Crippen molar-refractivity contribution in [2.75, 3.05) is 6.26 Å². The van der Waals surface area contributed by atoms with Crippen molar-refractivity contribution < 1.29 is 13.0 Å². The Morgan fingerprint density at radius 3 is 1.47 bits per heavy atom. The van der Waals surface area contributed by atoms with Crippen LogP contribution in [0.25, 0.3) is 10.8 Å². The van der Waals surface area contributed by atoms with Gasteiger partial charge in [-0.05, 0) is 35.7 Å². The summed E-state index contributed by atoms with van der Waals surface area (Å²) in [7, 11) is -3.67. The number of hydrogen-bond donors (Lipinski definition) is 1. The van der Waals surface area contributed by atoms with E-state index < -0.39 is 10.1 Å². The number of benzene rings is 2. The molecule has 1 N–H and O–H groups in total. The zero-order chi connectivity index (χ0) is 15.1. The highest BCUT2D eigenvalue weighted by atomic mass is 32.2. The maximum Gasteiger partial charge on any atom is 0.261 e. The molecule has 2 aromatic rings. The molecule has 0 atom stereocenters. The third-order valence-electron chi connectivity index (χ3n) is 2.32. The Labute approximate surface area is 116 Å². The van der Waals surface area contributed by atoms with Crippen LogP contribution in [0.15, 0.2) is 36.4 Å². The van der Waals surface area contributed by atoms with Crippen molar-refractivity contribution >= 4 is 20.9 Å². The van der Waals surface area contributed by atoms with Crippen LogP contribution in [0.4, 0.5) is 0 Å². The third-order valence-corrected chi connectivity index (χ3v) is 2.32. The molecule has 0 spiro atoms. The first-order valence-corrected chi connectivity index (χ1v) is 8.01. The maximum atomic E-state index is 9.19. The van der Waals surface area contributed by atoms with Crippen molar-refractivity contribution in [3.8, 4) is 0 Å². The zero-order valence-corrected chi connectivity index (χ0v) is 13.0. The van der Waals surface area contributed by atoms with Gasteiger partial charge in [-0.2, -0.15) is 8.42 Å². The van der Waals surface area contributed by atoms with Crippen molar-refractivity contribution in [3.05, 3.63) is 47.5 Å². The summed E-state index contributed by atoms with van der Waals surface area (Å²) in [4.78, 5) is 0. The molecule has 0 unspecified atom stereocenters. The van der Waals surface area contributed by atoms with Gasteiger partial charge in [0.05, 0.1) is 6.26 Å². The van der Waals surface area contributed by atoms with Crippen molar-refractivity contribution in [1.29, 1.82) is 0 Å². The van der Waals surface area contributed by atoms with Gasteiger partial charge < -0.3 is 0 Å². The van der Waals surface area contributed by atoms with Crippen LogP contribution in [-0.2, 0) is 10.1 Å². The molecule has 4 heteroatoms. The minimum Gasteiger partial charge on any atom is -0.286 e. The van der Waals surface area contributed by atoms with E-state index in [0.29, 0.717) is 6.26 Å². The van der Waals surface area contributed by atoms with Crippen LogP contribution < -0.4 is 0 Å². The van der Waals surface area contributed by atoms with Crippen LogP contribution in [0.5, 0.6) is 0 Å². The van der Waals surface area contributed by atoms with E-state index in [9.17, 15) is 8.42 Å². The minimum atomic E-state index is -3.67. The van der Waals surface area contributed by atoms with Crippen molar-refractivity contribution in [2.24, 2.45) is 0 Å². The molecule has 106 valence electrons. The van der Waals surface area contributed by atoms with Gasteiger partial charge in [0.1, 0.15) is 0 Å². The molecule has 2 aromatic carbocycles. The van der Waals surface area contributed by atoms with Gasteiger partial charge >= 0.3 is 0 Å². The predicted octanol–water partition coefficient (Wildman–Crippen LogP) is 3.99. The fourth-order valence-electron chi connectivity index (χ4n) is 1.75. The van der Waals surface area contributed by atoms with E-state index in [-0.39, 0.29) is 0 Å². The Morgan fingerprint density at radius 2 is 1.21 bits per heavy atom. The van der Waals surface area contributed by atoms with Gasteiger partial charge in [-0.25, -0.2) is 0 Å². The molecule has 0 radical (unpaired) electrons. The molecule has 3 nitrogen and oxygen atoms in total. The largest absolute Gasteiger partial charge is 0.286 e. The van der Waals surface area contributed by atoms with Gasteiger partial charge in [-0.1, -0.05) is 50.2 Å². The fourth-order valence-corrected chi connectivity index (χ4v) is 1.75. The molecule has 0 aromatic heterocycles. The van der Waals surface area contributed by atoms with Crippen LogP contribution in [0.1, 0.15) is 25.0 Å². The SMILES string of the molecule is CC.CS(=O)(=O)O.Cc1cccc2cccc(C)c12. The standard InChI is InChI=1S/C12H12.C2H6.CH4O3S/c1-9-5-3-7-11-8-4-6-10(2)12(9)11;1-2;1-5(2,3)4/h3-8H,1-2H3;1-2H3;1H3,(H,2,3,4). The molecule has 0 aliphatic carbocycles. The summed E-state index contributed by atoms with van der Waals surface area (Å²) in [5.41, 5.74) is 2.73. The average molecular weight is 282 g/mol. The fraction of sp³-hybridized carbons (Fsp3) is 0.333. The lowest BCUT2D eigenvalue weighted by molar-refractivity contribution is 0.490. The maximum absolute atomic E-state index is 9.19. The molecule has 0 saturated carbocycles.